The molecule has 4 heteroatoms. The number of pyridine rings is 1. The molecule has 0 radical (unpaired) electrons. The van der Waals surface area contributed by atoms with Crippen molar-refractivity contribution in [3.8, 4) is 0 Å². The molecule has 0 amide bonds. The second-order valence-corrected chi connectivity index (χ2v) is 2.80. The fourth-order valence-electron chi connectivity index (χ4n) is 1.10. The van der Waals surface area contributed by atoms with Crippen molar-refractivity contribution in [2.75, 3.05) is 14.2 Å². The Kier molecular flexibility index (Phi) is 3.34. The Hall–Kier alpha value is -1.71. The van der Waals surface area contributed by atoms with Crippen LogP contribution in [0.1, 0.15) is 21.6 Å². The molecule has 1 rings (SSSR count). The number of aliphatic imine (C=N–C) groups is 1. The molecule has 0 N–H and O–H groups in total. The number of aromatic nitrogens is 1. The van der Waals surface area contributed by atoms with Gasteiger partial charge < -0.3 is 4.74 Å². The third-order valence-electron chi connectivity index (χ3n) is 1.80. The molecule has 0 aliphatic carbocycles. The average molecular weight is 192 g/mol. The van der Waals surface area contributed by atoms with E-state index in [4.69, 9.17) is 0 Å². The van der Waals surface area contributed by atoms with Crippen LogP contribution in [0.3, 0.4) is 0 Å². The van der Waals surface area contributed by atoms with Gasteiger partial charge in [0.15, 0.2) is 0 Å². The van der Waals surface area contributed by atoms with Crippen LogP contribution in [0, 0.1) is 6.92 Å². The minimum absolute atomic E-state index is 0.366. The summed E-state index contributed by atoms with van der Waals surface area (Å²) in [6, 6.07) is 1.79. The number of carbonyl (C=O) groups excluding carboxylic acids is 1. The molecule has 0 aliphatic heterocycles. The van der Waals surface area contributed by atoms with E-state index < -0.39 is 0 Å². The smallest absolute Gasteiger partial charge is 0.339 e. The highest BCUT2D eigenvalue weighted by molar-refractivity contribution is 5.91. The lowest BCUT2D eigenvalue weighted by Crippen LogP contribution is -2.05. The first-order chi connectivity index (χ1) is 6.69. The molecule has 1 heterocycles. The van der Waals surface area contributed by atoms with Crippen molar-refractivity contribution in [2.45, 2.75) is 6.92 Å². The second kappa shape index (κ2) is 4.50. The highest BCUT2D eigenvalue weighted by Gasteiger charge is 2.09. The quantitative estimate of drug-likeness (QED) is 0.523. The van der Waals surface area contributed by atoms with Gasteiger partial charge in [-0.25, -0.2) is 4.79 Å². The monoisotopic (exact) mass is 192 g/mol. The molecule has 0 aliphatic rings. The van der Waals surface area contributed by atoms with E-state index in [2.05, 4.69) is 14.7 Å². The van der Waals surface area contributed by atoms with E-state index in [0.717, 1.165) is 11.3 Å². The lowest BCUT2D eigenvalue weighted by atomic mass is 10.1. The van der Waals surface area contributed by atoms with Crippen molar-refractivity contribution >= 4 is 12.2 Å². The SMILES string of the molecule is CN=Cc1cc(C)c(C(=O)OC)cn1. The molecule has 74 valence electrons. The number of ether oxygens (including phenoxy) is 1. The van der Waals surface area contributed by atoms with Gasteiger partial charge in [0.25, 0.3) is 0 Å². The van der Waals surface area contributed by atoms with Crippen LogP contribution in [0.2, 0.25) is 0 Å². The zero-order valence-corrected chi connectivity index (χ0v) is 8.44. The Bertz CT molecular complexity index is 372. The van der Waals surface area contributed by atoms with Crippen molar-refractivity contribution in [1.29, 1.82) is 0 Å². The molecule has 0 spiro atoms. The predicted molar refractivity (Wildman–Crippen MR) is 53.8 cm³/mol. The first kappa shape index (κ1) is 10.4. The van der Waals surface area contributed by atoms with Crippen LogP contribution in [0.4, 0.5) is 0 Å². The van der Waals surface area contributed by atoms with Crippen molar-refractivity contribution < 1.29 is 9.53 Å². The van der Waals surface area contributed by atoms with Gasteiger partial charge in [-0.2, -0.15) is 0 Å². The largest absolute Gasteiger partial charge is 0.465 e. The van der Waals surface area contributed by atoms with Crippen molar-refractivity contribution in [3.63, 3.8) is 0 Å². The molecular weight excluding hydrogens is 180 g/mol. The summed E-state index contributed by atoms with van der Waals surface area (Å²) in [6.07, 6.45) is 3.13. The van der Waals surface area contributed by atoms with Crippen molar-refractivity contribution in [3.05, 3.63) is 29.1 Å². The standard InChI is InChI=1S/C10H12N2O2/c1-7-4-8(5-11-2)12-6-9(7)10(13)14-3/h4-6H,1-3H3. The average Bonchev–Trinajstić information content (AvgIpc) is 2.17. The number of rotatable bonds is 2. The second-order valence-electron chi connectivity index (χ2n) is 2.80. The Morgan fingerprint density at radius 2 is 2.36 bits per heavy atom. The zero-order valence-electron chi connectivity index (χ0n) is 8.44. The molecule has 0 aromatic carbocycles. The molecule has 14 heavy (non-hydrogen) atoms. The van der Waals surface area contributed by atoms with Gasteiger partial charge in [-0.05, 0) is 18.6 Å². The molecular formula is C10H12N2O2. The maximum atomic E-state index is 11.2. The maximum absolute atomic E-state index is 11.2. The number of esters is 1. The summed E-state index contributed by atoms with van der Waals surface area (Å²) in [4.78, 5) is 19.1. The van der Waals surface area contributed by atoms with Crippen LogP contribution in [-0.2, 0) is 4.74 Å². The fraction of sp³-hybridized carbons (Fsp3) is 0.300. The lowest BCUT2D eigenvalue weighted by Gasteiger charge is -2.03. The maximum Gasteiger partial charge on any atom is 0.339 e. The normalized spacial score (nSPS) is 10.5. The van der Waals surface area contributed by atoms with Crippen molar-refractivity contribution in [2.24, 2.45) is 4.99 Å². The van der Waals surface area contributed by atoms with E-state index in [1.165, 1.54) is 13.3 Å². The Balaban J connectivity index is 3.07. The third kappa shape index (κ3) is 2.16. The molecule has 1 aromatic rings. The molecule has 0 fully saturated rings. The van der Waals surface area contributed by atoms with Crippen LogP contribution in [0.25, 0.3) is 0 Å². The molecule has 0 saturated heterocycles. The van der Waals surface area contributed by atoms with Crippen LogP contribution < -0.4 is 0 Å². The van der Waals surface area contributed by atoms with Crippen LogP contribution in [0.15, 0.2) is 17.3 Å². The fourth-order valence-corrected chi connectivity index (χ4v) is 1.10. The summed E-state index contributed by atoms with van der Waals surface area (Å²) in [6.45, 7) is 1.83. The Labute approximate surface area is 82.6 Å². The van der Waals surface area contributed by atoms with Crippen LogP contribution in [0.5, 0.6) is 0 Å². The van der Waals surface area contributed by atoms with E-state index in [1.54, 1.807) is 19.3 Å². The number of carbonyl (C=O) groups is 1. The van der Waals surface area contributed by atoms with Crippen molar-refractivity contribution in [1.82, 2.24) is 4.98 Å². The lowest BCUT2D eigenvalue weighted by molar-refractivity contribution is 0.0599. The number of methoxy groups -OCH3 is 1. The number of hydrogen-bond donors (Lipinski definition) is 0. The number of aryl methyl sites for hydroxylation is 1. The first-order valence-electron chi connectivity index (χ1n) is 4.16. The van der Waals surface area contributed by atoms with Crippen LogP contribution in [-0.4, -0.2) is 31.3 Å². The highest BCUT2D eigenvalue weighted by Crippen LogP contribution is 2.08. The third-order valence-corrected chi connectivity index (χ3v) is 1.80. The summed E-state index contributed by atoms with van der Waals surface area (Å²) in [7, 11) is 3.02. The molecule has 0 atom stereocenters. The summed E-state index contributed by atoms with van der Waals surface area (Å²) >= 11 is 0. The van der Waals surface area contributed by atoms with E-state index in [1.807, 2.05) is 6.92 Å². The zero-order chi connectivity index (χ0) is 10.6. The van der Waals surface area contributed by atoms with E-state index in [-0.39, 0.29) is 5.97 Å². The van der Waals surface area contributed by atoms with Gasteiger partial charge in [0, 0.05) is 19.5 Å². The Morgan fingerprint density at radius 1 is 1.64 bits per heavy atom. The van der Waals surface area contributed by atoms with Gasteiger partial charge in [-0.15, -0.1) is 0 Å². The number of hydrogen-bond acceptors (Lipinski definition) is 4. The summed E-state index contributed by atoms with van der Waals surface area (Å²) < 4.78 is 4.60. The number of nitrogens with zero attached hydrogens (tertiary/aromatic N) is 2. The van der Waals surface area contributed by atoms with Gasteiger partial charge in [0.05, 0.1) is 18.4 Å². The predicted octanol–water partition coefficient (Wildman–Crippen LogP) is 1.23. The topological polar surface area (TPSA) is 51.5 Å². The molecule has 1 aromatic heterocycles. The highest BCUT2D eigenvalue weighted by atomic mass is 16.5. The summed E-state index contributed by atoms with van der Waals surface area (Å²) in [5.41, 5.74) is 2.06. The van der Waals surface area contributed by atoms with Gasteiger partial charge >= 0.3 is 5.97 Å². The van der Waals surface area contributed by atoms with Gasteiger partial charge in [0.2, 0.25) is 0 Å². The molecule has 0 bridgehead atoms. The minimum Gasteiger partial charge on any atom is -0.465 e. The first-order valence-corrected chi connectivity index (χ1v) is 4.16. The van der Waals surface area contributed by atoms with Gasteiger partial charge in [-0.1, -0.05) is 0 Å². The Morgan fingerprint density at radius 3 is 2.86 bits per heavy atom. The molecule has 0 saturated carbocycles. The van der Waals surface area contributed by atoms with Crippen LogP contribution >= 0.6 is 0 Å². The van der Waals surface area contributed by atoms with E-state index in [0.29, 0.717) is 5.56 Å². The van der Waals surface area contributed by atoms with E-state index >= 15 is 0 Å². The summed E-state index contributed by atoms with van der Waals surface area (Å²) in [5.74, 6) is -0.366. The van der Waals surface area contributed by atoms with Gasteiger partial charge in [-0.3, -0.25) is 9.98 Å². The molecule has 4 nitrogen and oxygen atoms in total. The van der Waals surface area contributed by atoms with E-state index in [9.17, 15) is 4.79 Å². The van der Waals surface area contributed by atoms with Gasteiger partial charge in [0.1, 0.15) is 0 Å². The minimum atomic E-state index is -0.366. The summed E-state index contributed by atoms with van der Waals surface area (Å²) in [5, 5.41) is 0. The molecule has 0 unspecified atom stereocenters.